The number of aromatic nitrogens is 3. The van der Waals surface area contributed by atoms with Crippen LogP contribution in [0, 0.1) is 24.2 Å². The summed E-state index contributed by atoms with van der Waals surface area (Å²) in [7, 11) is -3.58. The summed E-state index contributed by atoms with van der Waals surface area (Å²) >= 11 is 0. The molecule has 12 nitrogen and oxygen atoms in total. The summed E-state index contributed by atoms with van der Waals surface area (Å²) in [5.41, 5.74) is 1.79. The maximum absolute atomic E-state index is 13.1. The number of hydrogen-bond donors (Lipinski definition) is 2. The lowest BCUT2D eigenvalue weighted by Gasteiger charge is -2.37. The quantitative estimate of drug-likeness (QED) is 0.0753. The van der Waals surface area contributed by atoms with E-state index in [-0.39, 0.29) is 28.8 Å². The zero-order valence-electron chi connectivity index (χ0n) is 28.6. The molecular weight excluding hydrogens is 634 g/mol. The molecule has 1 fully saturated rings. The molecule has 1 aliphatic rings. The van der Waals surface area contributed by atoms with E-state index in [2.05, 4.69) is 40.1 Å². The number of amides is 1. The number of ether oxygens (including phenoxy) is 2. The molecule has 264 valence electrons. The van der Waals surface area contributed by atoms with E-state index in [1.165, 1.54) is 0 Å². The molecule has 4 atom stereocenters. The fraction of sp³-hybridized carbons (Fsp3) is 0.629. The Kier molecular flexibility index (Phi) is 15.5. The van der Waals surface area contributed by atoms with Crippen molar-refractivity contribution in [2.45, 2.75) is 128 Å². The van der Waals surface area contributed by atoms with E-state index in [9.17, 15) is 22.8 Å². The molecule has 0 radical (unpaired) electrons. The third-order valence-electron chi connectivity index (χ3n) is 8.42. The molecular formula is C35H51N5O7S. The van der Waals surface area contributed by atoms with Crippen LogP contribution in [0.4, 0.5) is 0 Å². The van der Waals surface area contributed by atoms with Crippen molar-refractivity contribution in [2.75, 3.05) is 6.54 Å². The van der Waals surface area contributed by atoms with Crippen molar-refractivity contribution in [2.24, 2.45) is 11.8 Å². The Labute approximate surface area is 285 Å². The number of esters is 2. The number of terminal acetylenes is 1. The average Bonchev–Trinajstić information content (AvgIpc) is 3.50. The van der Waals surface area contributed by atoms with E-state index in [0.29, 0.717) is 82.5 Å². The zero-order valence-corrected chi connectivity index (χ0v) is 29.4. The molecule has 0 aliphatic carbocycles. The largest absolute Gasteiger partial charge is 0.461 e. The topological polar surface area (TPSA) is 159 Å². The lowest BCUT2D eigenvalue weighted by molar-refractivity contribution is -0.190. The van der Waals surface area contributed by atoms with Crippen molar-refractivity contribution in [3.8, 4) is 12.3 Å². The molecule has 0 unspecified atom stereocenters. The molecule has 1 aromatic carbocycles. The molecule has 0 saturated carbocycles. The fourth-order valence-electron chi connectivity index (χ4n) is 5.61. The Balaban J connectivity index is 1.52. The first-order valence-corrected chi connectivity index (χ1v) is 18.4. The number of unbranched alkanes of at least 4 members (excludes halogenated alkanes) is 3. The van der Waals surface area contributed by atoms with Crippen LogP contribution < -0.4 is 10.0 Å². The molecule has 2 heterocycles. The Morgan fingerprint density at radius 2 is 1.90 bits per heavy atom. The van der Waals surface area contributed by atoms with Gasteiger partial charge < -0.3 is 14.8 Å². The van der Waals surface area contributed by atoms with Crippen molar-refractivity contribution in [3.05, 3.63) is 41.7 Å². The van der Waals surface area contributed by atoms with Gasteiger partial charge in [-0.15, -0.1) is 17.4 Å². The number of benzene rings is 1. The second-order valence-corrected chi connectivity index (χ2v) is 14.9. The molecule has 0 bridgehead atoms. The van der Waals surface area contributed by atoms with Gasteiger partial charge in [0.2, 0.25) is 16.4 Å². The number of nitrogens with one attached hydrogen (secondary N) is 2. The number of aryl methyl sites for hydroxylation is 2. The third kappa shape index (κ3) is 12.4. The Hall–Kier alpha value is -3.76. The van der Waals surface area contributed by atoms with Crippen LogP contribution in [0.2, 0.25) is 0 Å². The van der Waals surface area contributed by atoms with Gasteiger partial charge in [0.15, 0.2) is 0 Å². The first kappa shape index (κ1) is 38.7. The Bertz CT molecular complexity index is 1470. The minimum absolute atomic E-state index is 0.158. The zero-order chi connectivity index (χ0) is 35.1. The van der Waals surface area contributed by atoms with Crippen LogP contribution in [-0.2, 0) is 46.8 Å². The fourth-order valence-corrected chi connectivity index (χ4v) is 6.69. The highest BCUT2D eigenvalue weighted by atomic mass is 32.2. The summed E-state index contributed by atoms with van der Waals surface area (Å²) in [5.74, 6) is 2.06. The van der Waals surface area contributed by atoms with Crippen molar-refractivity contribution in [3.63, 3.8) is 0 Å². The number of carbonyl (C=O) groups is 3. The molecule has 13 heteroatoms. The number of carbonyl (C=O) groups excluding carboxylic acids is 3. The molecule has 3 rings (SSSR count). The van der Waals surface area contributed by atoms with Gasteiger partial charge in [-0.1, -0.05) is 51.5 Å². The first-order chi connectivity index (χ1) is 22.9. The molecule has 2 N–H and O–H groups in total. The van der Waals surface area contributed by atoms with Crippen molar-refractivity contribution >= 4 is 28.4 Å². The lowest BCUT2D eigenvalue weighted by atomic mass is 9.86. The number of rotatable bonds is 23. The summed E-state index contributed by atoms with van der Waals surface area (Å²) in [6.07, 6.45) is 12.7. The van der Waals surface area contributed by atoms with Crippen molar-refractivity contribution in [1.29, 1.82) is 0 Å². The predicted molar refractivity (Wildman–Crippen MR) is 181 cm³/mol. The first-order valence-electron chi connectivity index (χ1n) is 17.0. The molecule has 1 aliphatic heterocycles. The van der Waals surface area contributed by atoms with Gasteiger partial charge in [0.1, 0.15) is 18.2 Å². The van der Waals surface area contributed by atoms with Crippen LogP contribution in [0.1, 0.15) is 103 Å². The number of cyclic esters (lactones) is 1. The van der Waals surface area contributed by atoms with Gasteiger partial charge in [0, 0.05) is 32.1 Å². The standard InChI is InChI=1S/C35H51N5O7S/c1-6-7-8-9-12-31-33(47-34(31)42)22-29(46-35(43)32(36-24-41)21-25(2)3)16-15-28-23-40(39-38-28)20-11-10-19-37-48(44,45)30-17-13-27(14-18-30)26(4)5/h1,13-14,17-18,23-26,29,31-33,37H,7-12,15-16,19-22H2,2-5H3,(H,36,41)/t29-,31-,32-,33-/m0/s1. The lowest BCUT2D eigenvalue weighted by Crippen LogP contribution is -2.48. The van der Waals surface area contributed by atoms with E-state index in [4.69, 9.17) is 15.9 Å². The summed E-state index contributed by atoms with van der Waals surface area (Å²) in [6, 6.07) is 6.17. The van der Waals surface area contributed by atoms with Gasteiger partial charge >= 0.3 is 11.9 Å². The van der Waals surface area contributed by atoms with Gasteiger partial charge in [-0.3, -0.25) is 14.3 Å². The van der Waals surface area contributed by atoms with E-state index < -0.39 is 28.1 Å². The highest BCUT2D eigenvalue weighted by Gasteiger charge is 2.43. The van der Waals surface area contributed by atoms with Crippen LogP contribution in [0.15, 0.2) is 35.4 Å². The highest BCUT2D eigenvalue weighted by molar-refractivity contribution is 7.89. The van der Waals surface area contributed by atoms with Gasteiger partial charge in [0.25, 0.3) is 0 Å². The van der Waals surface area contributed by atoms with Crippen LogP contribution >= 0.6 is 0 Å². The smallest absolute Gasteiger partial charge is 0.328 e. The summed E-state index contributed by atoms with van der Waals surface area (Å²) in [6.45, 7) is 8.89. The summed E-state index contributed by atoms with van der Waals surface area (Å²) in [5, 5.41) is 11.0. The second-order valence-electron chi connectivity index (χ2n) is 13.1. The summed E-state index contributed by atoms with van der Waals surface area (Å²) < 4.78 is 41.0. The van der Waals surface area contributed by atoms with Crippen LogP contribution in [0.25, 0.3) is 0 Å². The third-order valence-corrected chi connectivity index (χ3v) is 9.89. The number of hydrogen-bond acceptors (Lipinski definition) is 9. The number of sulfonamides is 1. The summed E-state index contributed by atoms with van der Waals surface area (Å²) in [4.78, 5) is 36.7. The molecule has 1 aromatic heterocycles. The monoisotopic (exact) mass is 685 g/mol. The molecule has 1 saturated heterocycles. The molecule has 2 aromatic rings. The van der Waals surface area contributed by atoms with Gasteiger partial charge in [-0.2, -0.15) is 0 Å². The van der Waals surface area contributed by atoms with Crippen molar-refractivity contribution in [1.82, 2.24) is 25.0 Å². The van der Waals surface area contributed by atoms with Crippen LogP contribution in [0.5, 0.6) is 0 Å². The highest BCUT2D eigenvalue weighted by Crippen LogP contribution is 2.32. The SMILES string of the molecule is C#CCCCC[C@@H]1C(=O)O[C@H]1C[C@H](CCc1cn(CCCCNS(=O)(=O)c2ccc(C(C)C)cc2)nn1)OC(=O)[C@H](CC(C)C)NC=O. The Morgan fingerprint density at radius 3 is 2.54 bits per heavy atom. The van der Waals surface area contributed by atoms with E-state index in [1.54, 1.807) is 16.8 Å². The molecule has 0 spiro atoms. The maximum atomic E-state index is 13.1. The maximum Gasteiger partial charge on any atom is 0.328 e. The van der Waals surface area contributed by atoms with Crippen LogP contribution in [-0.4, -0.2) is 66.6 Å². The minimum Gasteiger partial charge on any atom is -0.461 e. The van der Waals surface area contributed by atoms with Gasteiger partial charge in [-0.05, 0) is 74.5 Å². The second kappa shape index (κ2) is 19.3. The van der Waals surface area contributed by atoms with E-state index >= 15 is 0 Å². The number of nitrogens with zero attached hydrogens (tertiary/aromatic N) is 3. The molecule has 48 heavy (non-hydrogen) atoms. The van der Waals surface area contributed by atoms with Gasteiger partial charge in [0.05, 0.1) is 16.5 Å². The minimum atomic E-state index is -3.58. The van der Waals surface area contributed by atoms with E-state index in [1.807, 2.05) is 32.2 Å². The predicted octanol–water partition coefficient (Wildman–Crippen LogP) is 4.29. The van der Waals surface area contributed by atoms with E-state index in [0.717, 1.165) is 18.4 Å². The van der Waals surface area contributed by atoms with Crippen LogP contribution in [0.3, 0.4) is 0 Å². The average molecular weight is 686 g/mol. The molecule has 1 amide bonds. The Morgan fingerprint density at radius 1 is 1.15 bits per heavy atom. The normalized spacial score (nSPS) is 17.3. The van der Waals surface area contributed by atoms with Gasteiger partial charge in [-0.25, -0.2) is 17.9 Å². The van der Waals surface area contributed by atoms with Crippen molar-refractivity contribution < 1.29 is 32.3 Å².